The van der Waals surface area contributed by atoms with Crippen LogP contribution in [-0.4, -0.2) is 14.5 Å². The van der Waals surface area contributed by atoms with E-state index in [0.717, 1.165) is 45.4 Å². The van der Waals surface area contributed by atoms with Gasteiger partial charge >= 0.3 is 5.65 Å². The molecule has 0 unspecified atom stereocenters. The third kappa shape index (κ3) is 6.63. The van der Waals surface area contributed by atoms with E-state index >= 15 is 0 Å². The zero-order chi connectivity index (χ0) is 27.7. The van der Waals surface area contributed by atoms with Gasteiger partial charge in [-0.1, -0.05) is 72.8 Å². The molecule has 6 nitrogen and oxygen atoms in total. The number of nitrogens with one attached hydrogen (secondary N) is 2. The first-order chi connectivity index (χ1) is 20.3. The lowest BCUT2D eigenvalue weighted by Gasteiger charge is -2.12. The van der Waals surface area contributed by atoms with E-state index in [1.807, 2.05) is 121 Å². The number of aromatic nitrogens is 4. The summed E-state index contributed by atoms with van der Waals surface area (Å²) in [5.41, 5.74) is 7.28. The van der Waals surface area contributed by atoms with E-state index in [-0.39, 0.29) is 12.4 Å². The SMILES string of the molecule is [Cl-].c1ccc(-n2c[n+](-c3ccccc3)c3ncccc32)cc1.c1ccc(Nc2cccnc2Nc2ccccc2)cc1. The van der Waals surface area contributed by atoms with Crippen molar-refractivity contribution in [2.24, 2.45) is 0 Å². The number of anilines is 4. The van der Waals surface area contributed by atoms with E-state index in [4.69, 9.17) is 0 Å². The largest absolute Gasteiger partial charge is 1.00 e. The van der Waals surface area contributed by atoms with Gasteiger partial charge in [-0.3, -0.25) is 0 Å². The first kappa shape index (κ1) is 28.1. The van der Waals surface area contributed by atoms with Crippen LogP contribution in [0.3, 0.4) is 0 Å². The van der Waals surface area contributed by atoms with Crippen LogP contribution >= 0.6 is 0 Å². The van der Waals surface area contributed by atoms with E-state index in [1.54, 1.807) is 6.20 Å². The van der Waals surface area contributed by atoms with E-state index in [9.17, 15) is 0 Å². The Bertz CT molecular complexity index is 1690. The predicted molar refractivity (Wildman–Crippen MR) is 166 cm³/mol. The minimum absolute atomic E-state index is 0. The van der Waals surface area contributed by atoms with Gasteiger partial charge < -0.3 is 23.0 Å². The second-order valence-electron chi connectivity index (χ2n) is 9.25. The van der Waals surface area contributed by atoms with Crippen LogP contribution in [0.5, 0.6) is 0 Å². The summed E-state index contributed by atoms with van der Waals surface area (Å²) >= 11 is 0. The molecule has 0 fully saturated rings. The Balaban J connectivity index is 0.000000164. The van der Waals surface area contributed by atoms with E-state index in [0.29, 0.717) is 0 Å². The molecule has 206 valence electrons. The molecule has 0 aliphatic heterocycles. The standard InChI is InChI=1S/C18H14N3.C17H15N3.ClH/c1-3-8-15(9-4-1)20-14-21(16-10-5-2-6-11-16)18-17(20)12-7-13-19-18;1-3-8-14(9-4-1)19-16-12-7-13-18-17(16)20-15-10-5-2-6-11-15;/h1-14H;1-13,19H,(H,18,20);1H/q+1;;/p-1. The predicted octanol–water partition coefficient (Wildman–Crippen LogP) is 4.88. The maximum absolute atomic E-state index is 4.55. The van der Waals surface area contributed by atoms with Crippen LogP contribution in [0, 0.1) is 0 Å². The number of pyridine rings is 2. The van der Waals surface area contributed by atoms with Crippen LogP contribution < -0.4 is 27.6 Å². The number of rotatable bonds is 6. The first-order valence-electron chi connectivity index (χ1n) is 13.4. The summed E-state index contributed by atoms with van der Waals surface area (Å²) in [4.78, 5) is 8.94. The normalized spacial score (nSPS) is 10.2. The monoisotopic (exact) mass is 568 g/mol. The highest BCUT2D eigenvalue weighted by atomic mass is 35.5. The zero-order valence-electron chi connectivity index (χ0n) is 22.8. The molecule has 0 saturated carbocycles. The minimum atomic E-state index is 0. The summed E-state index contributed by atoms with van der Waals surface area (Å²) in [6.07, 6.45) is 5.70. The number of hydrogen-bond donors (Lipinski definition) is 2. The number of fused-ring (bicyclic) bond motifs is 1. The van der Waals surface area contributed by atoms with Crippen molar-refractivity contribution in [1.29, 1.82) is 0 Å². The second-order valence-corrected chi connectivity index (χ2v) is 9.25. The van der Waals surface area contributed by atoms with Gasteiger partial charge in [-0.25, -0.2) is 9.55 Å². The third-order valence-electron chi connectivity index (χ3n) is 6.45. The molecule has 0 aliphatic rings. The molecule has 0 amide bonds. The molecule has 42 heavy (non-hydrogen) atoms. The van der Waals surface area contributed by atoms with E-state index in [1.165, 1.54) is 0 Å². The number of para-hydroxylation sites is 4. The molecule has 2 N–H and O–H groups in total. The fourth-order valence-corrected chi connectivity index (χ4v) is 4.51. The van der Waals surface area contributed by atoms with Crippen LogP contribution in [0.15, 0.2) is 164 Å². The van der Waals surface area contributed by atoms with Gasteiger partial charge in [0.2, 0.25) is 6.33 Å². The Morgan fingerprint density at radius 3 is 1.74 bits per heavy atom. The average Bonchev–Trinajstić information content (AvgIpc) is 3.44. The second kappa shape index (κ2) is 13.7. The van der Waals surface area contributed by atoms with Crippen molar-refractivity contribution < 1.29 is 17.0 Å². The quantitative estimate of drug-likeness (QED) is 0.281. The van der Waals surface area contributed by atoms with Gasteiger partial charge in [0.25, 0.3) is 0 Å². The number of benzene rings is 4. The first-order valence-corrected chi connectivity index (χ1v) is 13.4. The summed E-state index contributed by atoms with van der Waals surface area (Å²) in [5, 5.41) is 6.69. The molecule has 7 aromatic rings. The molecule has 3 aromatic heterocycles. The van der Waals surface area contributed by atoms with Gasteiger partial charge in [-0.2, -0.15) is 4.57 Å². The summed E-state index contributed by atoms with van der Waals surface area (Å²) in [6.45, 7) is 0. The van der Waals surface area contributed by atoms with Gasteiger partial charge in [0.05, 0.1) is 5.69 Å². The summed E-state index contributed by atoms with van der Waals surface area (Å²) in [5.74, 6) is 0.808. The van der Waals surface area contributed by atoms with Crippen LogP contribution in [-0.2, 0) is 0 Å². The molecule has 0 spiro atoms. The fourth-order valence-electron chi connectivity index (χ4n) is 4.51. The molecule has 0 atom stereocenters. The molecular weight excluding hydrogens is 540 g/mol. The molecule has 7 heteroatoms. The van der Waals surface area contributed by atoms with Crippen LogP contribution in [0.4, 0.5) is 22.9 Å². The third-order valence-corrected chi connectivity index (χ3v) is 6.45. The van der Waals surface area contributed by atoms with Crippen LogP contribution in [0.1, 0.15) is 0 Å². The Hall–Kier alpha value is -5.46. The molecule has 0 aliphatic carbocycles. The van der Waals surface area contributed by atoms with Crippen molar-refractivity contribution >= 4 is 34.0 Å². The molecule has 0 saturated heterocycles. The smallest absolute Gasteiger partial charge is 0.307 e. The summed E-state index contributed by atoms with van der Waals surface area (Å²) < 4.78 is 4.28. The van der Waals surface area contributed by atoms with Gasteiger partial charge in [0.15, 0.2) is 11.3 Å². The lowest BCUT2D eigenvalue weighted by molar-refractivity contribution is -0.570. The van der Waals surface area contributed by atoms with Crippen LogP contribution in [0.2, 0.25) is 0 Å². The number of nitrogens with zero attached hydrogens (tertiary/aromatic N) is 4. The highest BCUT2D eigenvalue weighted by molar-refractivity contribution is 5.75. The van der Waals surface area contributed by atoms with Crippen molar-refractivity contribution in [2.75, 3.05) is 10.6 Å². The summed E-state index contributed by atoms with van der Waals surface area (Å²) in [7, 11) is 0. The van der Waals surface area contributed by atoms with E-state index < -0.39 is 0 Å². The molecule has 3 heterocycles. The van der Waals surface area contributed by atoms with Gasteiger partial charge in [-0.05, 0) is 72.8 Å². The highest BCUT2D eigenvalue weighted by Gasteiger charge is 2.18. The zero-order valence-corrected chi connectivity index (χ0v) is 23.5. The molecule has 0 bridgehead atoms. The molecule has 0 radical (unpaired) electrons. The van der Waals surface area contributed by atoms with Crippen molar-refractivity contribution in [3.8, 4) is 11.4 Å². The minimum Gasteiger partial charge on any atom is -1.00 e. The fraction of sp³-hybridized carbons (Fsp3) is 0. The van der Waals surface area contributed by atoms with Crippen molar-refractivity contribution in [1.82, 2.24) is 14.5 Å². The average molecular weight is 569 g/mol. The topological polar surface area (TPSA) is 58.6 Å². The van der Waals surface area contributed by atoms with Gasteiger partial charge in [0, 0.05) is 17.6 Å². The van der Waals surface area contributed by atoms with Crippen molar-refractivity contribution in [2.45, 2.75) is 0 Å². The number of halogens is 1. The Morgan fingerprint density at radius 2 is 1.07 bits per heavy atom. The van der Waals surface area contributed by atoms with Gasteiger partial charge in [-0.15, -0.1) is 4.98 Å². The lowest BCUT2D eigenvalue weighted by Crippen LogP contribution is -3.00. The van der Waals surface area contributed by atoms with Gasteiger partial charge in [0.1, 0.15) is 17.6 Å². The molecular formula is C35H29ClN6. The lowest BCUT2D eigenvalue weighted by atomic mass is 10.3. The maximum atomic E-state index is 4.55. The molecule has 4 aromatic carbocycles. The maximum Gasteiger partial charge on any atom is 0.307 e. The molecule has 7 rings (SSSR count). The highest BCUT2D eigenvalue weighted by Crippen LogP contribution is 2.25. The Labute approximate surface area is 251 Å². The van der Waals surface area contributed by atoms with Crippen molar-refractivity contribution in [3.63, 3.8) is 0 Å². The Kier molecular flexibility index (Phi) is 9.19. The summed E-state index contributed by atoms with van der Waals surface area (Å²) in [6, 6.07) is 48.6. The van der Waals surface area contributed by atoms with Crippen molar-refractivity contribution in [3.05, 3.63) is 164 Å². The van der Waals surface area contributed by atoms with Crippen LogP contribution in [0.25, 0.3) is 22.5 Å². The number of imidazole rings is 1. The van der Waals surface area contributed by atoms with E-state index in [2.05, 4.69) is 66.4 Å². The number of hydrogen-bond acceptors (Lipinski definition) is 4. The Morgan fingerprint density at radius 1 is 0.524 bits per heavy atom.